The minimum Gasteiger partial charge on any atom is -0.492 e. The Balaban J connectivity index is 0.00000300. The van der Waals surface area contributed by atoms with Gasteiger partial charge in [-0.25, -0.2) is 0 Å². The van der Waals surface area contributed by atoms with Crippen LogP contribution in [0.4, 0.5) is 0 Å². The fourth-order valence-corrected chi connectivity index (χ4v) is 4.90. The largest absolute Gasteiger partial charge is 0.492 e. The van der Waals surface area contributed by atoms with Gasteiger partial charge in [-0.15, -0.1) is 35.3 Å². The number of guanidine groups is 1. The van der Waals surface area contributed by atoms with Crippen molar-refractivity contribution in [1.82, 2.24) is 15.1 Å². The summed E-state index contributed by atoms with van der Waals surface area (Å²) in [6, 6.07) is 14.9. The molecule has 0 spiro atoms. The molecule has 1 aromatic heterocycles. The van der Waals surface area contributed by atoms with Crippen LogP contribution in [0.2, 0.25) is 0 Å². The van der Waals surface area contributed by atoms with Gasteiger partial charge in [0, 0.05) is 31.6 Å². The summed E-state index contributed by atoms with van der Waals surface area (Å²) in [6.45, 7) is 3.52. The fourth-order valence-electron chi connectivity index (χ4n) is 3.91. The molecule has 0 aliphatic carbocycles. The molecule has 1 aromatic carbocycles. The molecule has 3 rings (SSSR count). The highest BCUT2D eigenvalue weighted by atomic mass is 127. The van der Waals surface area contributed by atoms with E-state index in [-0.39, 0.29) is 24.0 Å². The Kier molecular flexibility index (Phi) is 10.2. The van der Waals surface area contributed by atoms with E-state index in [4.69, 9.17) is 4.74 Å². The minimum atomic E-state index is 0. The Labute approximate surface area is 196 Å². The Hall–Kier alpha value is -1.32. The summed E-state index contributed by atoms with van der Waals surface area (Å²) in [4.78, 5) is 10.6. The van der Waals surface area contributed by atoms with E-state index >= 15 is 0 Å². The van der Waals surface area contributed by atoms with E-state index in [1.165, 1.54) is 24.3 Å². The fraction of sp³-hybridized carbons (Fsp3) is 0.500. The molecular weight excluding hydrogens is 495 g/mol. The number of aliphatic imine (C=N–C) groups is 1. The normalized spacial score (nSPS) is 20.0. The van der Waals surface area contributed by atoms with E-state index in [0.29, 0.717) is 18.6 Å². The summed E-state index contributed by atoms with van der Waals surface area (Å²) in [6.07, 6.45) is 2.50. The van der Waals surface area contributed by atoms with Crippen molar-refractivity contribution in [2.24, 2.45) is 10.9 Å². The van der Waals surface area contributed by atoms with Gasteiger partial charge in [0.05, 0.1) is 6.54 Å². The lowest BCUT2D eigenvalue weighted by Gasteiger charge is -2.39. The molecule has 5 nitrogen and oxygen atoms in total. The quantitative estimate of drug-likeness (QED) is 0.330. The van der Waals surface area contributed by atoms with E-state index in [9.17, 15) is 0 Å². The molecule has 160 valence electrons. The molecule has 0 bridgehead atoms. The molecule has 1 saturated heterocycles. The molecule has 2 atom stereocenters. The highest BCUT2D eigenvalue weighted by Crippen LogP contribution is 2.36. The predicted molar refractivity (Wildman–Crippen MR) is 134 cm³/mol. The molecule has 2 unspecified atom stereocenters. The van der Waals surface area contributed by atoms with E-state index in [1.807, 2.05) is 48.7 Å². The number of likely N-dealkylation sites (N-methyl/N-ethyl adjacent to an activating group) is 1. The molecule has 1 aliphatic heterocycles. The van der Waals surface area contributed by atoms with Crippen molar-refractivity contribution in [1.29, 1.82) is 0 Å². The lowest BCUT2D eigenvalue weighted by Crippen LogP contribution is -2.46. The molecule has 1 fully saturated rings. The Morgan fingerprint density at radius 2 is 2.07 bits per heavy atom. The summed E-state index contributed by atoms with van der Waals surface area (Å²) in [5.74, 6) is 2.42. The molecular formula is C22H33IN4OS. The smallest absolute Gasteiger partial charge is 0.193 e. The molecule has 29 heavy (non-hydrogen) atoms. The van der Waals surface area contributed by atoms with Crippen molar-refractivity contribution in [2.75, 3.05) is 47.4 Å². The maximum Gasteiger partial charge on any atom is 0.193 e. The van der Waals surface area contributed by atoms with Crippen molar-refractivity contribution < 1.29 is 4.74 Å². The Morgan fingerprint density at radius 1 is 1.28 bits per heavy atom. The number of likely N-dealkylation sites (tertiary alicyclic amines) is 1. The lowest BCUT2D eigenvalue weighted by molar-refractivity contribution is 0.124. The average molecular weight is 529 g/mol. The van der Waals surface area contributed by atoms with Crippen LogP contribution in [0.25, 0.3) is 0 Å². The topological polar surface area (TPSA) is 40.1 Å². The maximum absolute atomic E-state index is 5.82. The highest BCUT2D eigenvalue weighted by Gasteiger charge is 2.31. The summed E-state index contributed by atoms with van der Waals surface area (Å²) < 4.78 is 5.82. The lowest BCUT2D eigenvalue weighted by atomic mass is 9.88. The summed E-state index contributed by atoms with van der Waals surface area (Å²) in [5.41, 5.74) is 0. The number of para-hydroxylation sites is 1. The molecule has 7 heteroatoms. The summed E-state index contributed by atoms with van der Waals surface area (Å²) in [7, 11) is 6.16. The molecule has 1 aliphatic rings. The van der Waals surface area contributed by atoms with Crippen molar-refractivity contribution >= 4 is 41.3 Å². The zero-order valence-electron chi connectivity index (χ0n) is 17.6. The molecule has 1 N–H and O–H groups in total. The maximum atomic E-state index is 5.82. The minimum absolute atomic E-state index is 0. The number of benzene rings is 1. The number of thiophene rings is 1. The van der Waals surface area contributed by atoms with Gasteiger partial charge < -0.3 is 15.0 Å². The van der Waals surface area contributed by atoms with Crippen LogP contribution in [0.5, 0.6) is 5.75 Å². The number of nitrogens with one attached hydrogen (secondary N) is 1. The van der Waals surface area contributed by atoms with Gasteiger partial charge in [0.15, 0.2) is 5.96 Å². The average Bonchev–Trinajstić information content (AvgIpc) is 3.23. The second kappa shape index (κ2) is 12.4. The first-order chi connectivity index (χ1) is 13.7. The third kappa shape index (κ3) is 6.86. The van der Waals surface area contributed by atoms with E-state index in [1.54, 1.807) is 0 Å². The number of halogens is 1. The van der Waals surface area contributed by atoms with E-state index in [2.05, 4.69) is 51.7 Å². The number of nitrogens with zero attached hydrogens (tertiary/aromatic N) is 3. The van der Waals surface area contributed by atoms with Gasteiger partial charge in [0.2, 0.25) is 0 Å². The molecule has 2 heterocycles. The monoisotopic (exact) mass is 528 g/mol. The van der Waals surface area contributed by atoms with Crippen LogP contribution in [0.3, 0.4) is 0 Å². The van der Waals surface area contributed by atoms with Gasteiger partial charge in [-0.05, 0) is 55.9 Å². The number of hydrogen-bond acceptors (Lipinski definition) is 4. The molecule has 0 amide bonds. The van der Waals surface area contributed by atoms with Crippen LogP contribution < -0.4 is 10.1 Å². The zero-order valence-corrected chi connectivity index (χ0v) is 20.7. The first-order valence-corrected chi connectivity index (χ1v) is 10.9. The SMILES string of the molecule is CN=C(NCC1CCCN(C)C1c1cccs1)N(C)CCOc1ccccc1.I. The second-order valence-electron chi connectivity index (χ2n) is 7.35. The number of hydrogen-bond donors (Lipinski definition) is 1. The van der Waals surface area contributed by atoms with Crippen molar-refractivity contribution in [3.05, 3.63) is 52.7 Å². The van der Waals surface area contributed by atoms with Gasteiger partial charge in [-0.1, -0.05) is 24.3 Å². The summed E-state index contributed by atoms with van der Waals surface area (Å²) >= 11 is 1.87. The van der Waals surface area contributed by atoms with Crippen molar-refractivity contribution in [3.8, 4) is 5.75 Å². The highest BCUT2D eigenvalue weighted by molar-refractivity contribution is 14.0. The van der Waals surface area contributed by atoms with Gasteiger partial charge in [-0.2, -0.15) is 0 Å². The van der Waals surface area contributed by atoms with Gasteiger partial charge in [0.25, 0.3) is 0 Å². The first-order valence-electron chi connectivity index (χ1n) is 10.0. The first kappa shape index (κ1) is 24.0. The van der Waals surface area contributed by atoms with Crippen LogP contribution in [-0.2, 0) is 0 Å². The second-order valence-corrected chi connectivity index (χ2v) is 8.33. The van der Waals surface area contributed by atoms with Crippen LogP contribution in [-0.4, -0.2) is 63.1 Å². The van der Waals surface area contributed by atoms with Gasteiger partial charge in [0.1, 0.15) is 12.4 Å². The number of piperidine rings is 1. The van der Waals surface area contributed by atoms with Gasteiger partial charge >= 0.3 is 0 Å². The zero-order chi connectivity index (χ0) is 19.8. The molecule has 2 aromatic rings. The predicted octanol–water partition coefficient (Wildman–Crippen LogP) is 4.34. The van der Waals surface area contributed by atoms with Crippen LogP contribution in [0.15, 0.2) is 52.8 Å². The third-order valence-corrected chi connectivity index (χ3v) is 6.32. The number of ether oxygens (including phenoxy) is 1. The van der Waals surface area contributed by atoms with Gasteiger partial charge in [-0.3, -0.25) is 9.89 Å². The Bertz CT molecular complexity index is 726. The van der Waals surface area contributed by atoms with Crippen LogP contribution in [0.1, 0.15) is 23.8 Å². The number of rotatable bonds is 7. The van der Waals surface area contributed by atoms with Crippen molar-refractivity contribution in [2.45, 2.75) is 18.9 Å². The molecule has 0 radical (unpaired) electrons. The van der Waals surface area contributed by atoms with E-state index < -0.39 is 0 Å². The standard InChI is InChI=1S/C22H32N4OS.HI/c1-23-22(26(3)14-15-27-19-10-5-4-6-11-19)24-17-18-9-7-13-25(2)21(18)20-12-8-16-28-20;/h4-6,8,10-12,16,18,21H,7,9,13-15,17H2,1-3H3,(H,23,24);1H. The molecule has 0 saturated carbocycles. The van der Waals surface area contributed by atoms with E-state index in [0.717, 1.165) is 24.8 Å². The van der Waals surface area contributed by atoms with Crippen LogP contribution >= 0.6 is 35.3 Å². The summed E-state index contributed by atoms with van der Waals surface area (Å²) in [5, 5.41) is 5.78. The van der Waals surface area contributed by atoms with Crippen LogP contribution in [0, 0.1) is 5.92 Å². The third-order valence-electron chi connectivity index (χ3n) is 5.38. The van der Waals surface area contributed by atoms with Crippen molar-refractivity contribution in [3.63, 3.8) is 0 Å². The Morgan fingerprint density at radius 3 is 2.76 bits per heavy atom.